The molecule has 3 rings (SSSR count). The van der Waals surface area contributed by atoms with Gasteiger partial charge in [0.2, 0.25) is 0 Å². The molecule has 0 aliphatic rings. The number of aromatic nitrogens is 4. The zero-order valence-corrected chi connectivity index (χ0v) is 9.79. The van der Waals surface area contributed by atoms with Crippen molar-refractivity contribution < 1.29 is 4.52 Å². The Balaban J connectivity index is 1.78. The third kappa shape index (κ3) is 2.13. The monoisotopic (exact) mass is 241 g/mol. The van der Waals surface area contributed by atoms with Crippen molar-refractivity contribution in [2.24, 2.45) is 0 Å². The summed E-state index contributed by atoms with van der Waals surface area (Å²) >= 11 is 0. The van der Waals surface area contributed by atoms with Crippen LogP contribution in [-0.2, 0) is 6.54 Å². The highest BCUT2D eigenvalue weighted by atomic mass is 16.5. The molecule has 3 heterocycles. The van der Waals surface area contributed by atoms with Crippen LogP contribution in [0.15, 0.2) is 35.1 Å². The third-order valence-corrected chi connectivity index (χ3v) is 2.46. The van der Waals surface area contributed by atoms with Gasteiger partial charge >= 0.3 is 0 Å². The largest absolute Gasteiger partial charge is 0.364 e. The zero-order chi connectivity index (χ0) is 12.4. The highest BCUT2D eigenvalue weighted by Crippen LogP contribution is 2.11. The third-order valence-electron chi connectivity index (χ3n) is 2.46. The number of hydrogen-bond acceptors (Lipinski definition) is 6. The molecule has 6 nitrogen and oxygen atoms in total. The predicted molar refractivity (Wildman–Crippen MR) is 65.9 cm³/mol. The van der Waals surface area contributed by atoms with Crippen molar-refractivity contribution in [2.45, 2.75) is 13.5 Å². The van der Waals surface area contributed by atoms with Gasteiger partial charge in [0.05, 0.1) is 6.54 Å². The maximum absolute atomic E-state index is 4.99. The molecule has 0 spiro atoms. The van der Waals surface area contributed by atoms with Gasteiger partial charge in [-0.2, -0.15) is 0 Å². The van der Waals surface area contributed by atoms with Crippen LogP contribution in [0, 0.1) is 6.92 Å². The molecule has 0 aliphatic heterocycles. The summed E-state index contributed by atoms with van der Waals surface area (Å²) in [5.74, 6) is 1.53. The fraction of sp³-hybridized carbons (Fsp3) is 0.167. The fourth-order valence-corrected chi connectivity index (χ4v) is 1.64. The van der Waals surface area contributed by atoms with Crippen molar-refractivity contribution in [1.82, 2.24) is 20.1 Å². The Bertz CT molecular complexity index is 679. The van der Waals surface area contributed by atoms with Crippen LogP contribution in [0.1, 0.15) is 11.5 Å². The number of nitrogens with one attached hydrogen (secondary N) is 1. The first kappa shape index (κ1) is 10.6. The molecule has 90 valence electrons. The van der Waals surface area contributed by atoms with Crippen molar-refractivity contribution in [3.8, 4) is 0 Å². The van der Waals surface area contributed by atoms with Gasteiger partial charge in [-0.05, 0) is 19.1 Å². The molecule has 0 atom stereocenters. The van der Waals surface area contributed by atoms with Crippen LogP contribution in [0.25, 0.3) is 11.2 Å². The van der Waals surface area contributed by atoms with Gasteiger partial charge in [-0.3, -0.25) is 4.98 Å². The minimum absolute atomic E-state index is 0.566. The Morgan fingerprint density at radius 2 is 2.11 bits per heavy atom. The maximum atomic E-state index is 4.99. The Hall–Kier alpha value is -2.50. The number of pyridine rings is 1. The number of fused-ring (bicyclic) bond motifs is 1. The summed E-state index contributed by atoms with van der Waals surface area (Å²) in [7, 11) is 0. The normalized spacial score (nSPS) is 10.7. The van der Waals surface area contributed by atoms with E-state index < -0.39 is 0 Å². The predicted octanol–water partition coefficient (Wildman–Crippen LogP) is 1.93. The SMILES string of the molecule is Cc1cc(CNc2ccc3nccnc3n2)no1. The minimum atomic E-state index is 0.566. The summed E-state index contributed by atoms with van der Waals surface area (Å²) in [5.41, 5.74) is 2.24. The van der Waals surface area contributed by atoms with E-state index in [9.17, 15) is 0 Å². The quantitative estimate of drug-likeness (QED) is 0.755. The lowest BCUT2D eigenvalue weighted by Crippen LogP contribution is -2.02. The molecule has 0 bridgehead atoms. The molecule has 0 aromatic carbocycles. The van der Waals surface area contributed by atoms with Gasteiger partial charge in [0.1, 0.15) is 22.8 Å². The summed E-state index contributed by atoms with van der Waals surface area (Å²) in [4.78, 5) is 12.7. The molecule has 0 unspecified atom stereocenters. The van der Waals surface area contributed by atoms with Gasteiger partial charge in [-0.15, -0.1) is 0 Å². The molecule has 3 aromatic heterocycles. The first-order chi connectivity index (χ1) is 8.81. The average molecular weight is 241 g/mol. The Kier molecular flexibility index (Phi) is 2.60. The van der Waals surface area contributed by atoms with E-state index in [0.29, 0.717) is 12.2 Å². The molecule has 3 aromatic rings. The van der Waals surface area contributed by atoms with Crippen molar-refractivity contribution in [1.29, 1.82) is 0 Å². The molecule has 0 radical (unpaired) electrons. The standard InChI is InChI=1S/C12H11N5O/c1-8-6-9(17-18-8)7-15-11-3-2-10-12(16-11)14-5-4-13-10/h2-6H,7H2,1H3,(H,14,15,16). The van der Waals surface area contributed by atoms with Crippen LogP contribution >= 0.6 is 0 Å². The zero-order valence-electron chi connectivity index (χ0n) is 9.79. The topological polar surface area (TPSA) is 76.7 Å². The summed E-state index contributed by atoms with van der Waals surface area (Å²) in [6.07, 6.45) is 3.27. The number of rotatable bonds is 3. The van der Waals surface area contributed by atoms with E-state index in [-0.39, 0.29) is 0 Å². The number of hydrogen-bond donors (Lipinski definition) is 1. The summed E-state index contributed by atoms with van der Waals surface area (Å²) in [6, 6.07) is 5.63. The van der Waals surface area contributed by atoms with E-state index >= 15 is 0 Å². The van der Waals surface area contributed by atoms with E-state index in [1.54, 1.807) is 12.4 Å². The van der Waals surface area contributed by atoms with Gasteiger partial charge in [0.25, 0.3) is 0 Å². The molecule has 0 amide bonds. The molecular weight excluding hydrogens is 230 g/mol. The van der Waals surface area contributed by atoms with E-state index in [1.807, 2.05) is 25.1 Å². The molecule has 0 fully saturated rings. The molecular formula is C12H11N5O. The highest BCUT2D eigenvalue weighted by molar-refractivity contribution is 5.71. The number of nitrogens with zero attached hydrogens (tertiary/aromatic N) is 4. The Labute approximate surface area is 103 Å². The van der Waals surface area contributed by atoms with Gasteiger partial charge in [0.15, 0.2) is 5.65 Å². The van der Waals surface area contributed by atoms with Crippen molar-refractivity contribution in [3.63, 3.8) is 0 Å². The second-order valence-corrected chi connectivity index (χ2v) is 3.88. The molecule has 1 N–H and O–H groups in total. The molecule has 0 saturated carbocycles. The van der Waals surface area contributed by atoms with Crippen LogP contribution in [0.2, 0.25) is 0 Å². The van der Waals surface area contributed by atoms with E-state index in [0.717, 1.165) is 22.8 Å². The van der Waals surface area contributed by atoms with Crippen LogP contribution < -0.4 is 5.32 Å². The van der Waals surface area contributed by atoms with Crippen molar-refractivity contribution >= 4 is 17.0 Å². The van der Waals surface area contributed by atoms with E-state index in [2.05, 4.69) is 25.4 Å². The van der Waals surface area contributed by atoms with Crippen molar-refractivity contribution in [2.75, 3.05) is 5.32 Å². The summed E-state index contributed by atoms with van der Waals surface area (Å²) < 4.78 is 4.99. The second-order valence-electron chi connectivity index (χ2n) is 3.88. The van der Waals surface area contributed by atoms with Crippen molar-refractivity contribution in [3.05, 3.63) is 42.0 Å². The van der Waals surface area contributed by atoms with Gasteiger partial charge in [0, 0.05) is 18.5 Å². The lowest BCUT2D eigenvalue weighted by molar-refractivity contribution is 0.391. The Morgan fingerprint density at radius 1 is 1.22 bits per heavy atom. The van der Waals surface area contributed by atoms with E-state index in [4.69, 9.17) is 4.52 Å². The number of aryl methyl sites for hydroxylation is 1. The number of anilines is 1. The first-order valence-electron chi connectivity index (χ1n) is 5.55. The fourth-order valence-electron chi connectivity index (χ4n) is 1.64. The molecule has 0 aliphatic carbocycles. The van der Waals surface area contributed by atoms with Gasteiger partial charge in [-0.25, -0.2) is 9.97 Å². The van der Waals surface area contributed by atoms with Crippen LogP contribution in [0.3, 0.4) is 0 Å². The Morgan fingerprint density at radius 3 is 2.94 bits per heavy atom. The molecule has 18 heavy (non-hydrogen) atoms. The highest BCUT2D eigenvalue weighted by Gasteiger charge is 2.02. The maximum Gasteiger partial charge on any atom is 0.180 e. The summed E-state index contributed by atoms with van der Waals surface area (Å²) in [5, 5.41) is 7.06. The lowest BCUT2D eigenvalue weighted by Gasteiger charge is -2.03. The molecule has 0 saturated heterocycles. The van der Waals surface area contributed by atoms with Crippen LogP contribution in [-0.4, -0.2) is 20.1 Å². The van der Waals surface area contributed by atoms with E-state index in [1.165, 1.54) is 0 Å². The van der Waals surface area contributed by atoms with Crippen LogP contribution in [0.5, 0.6) is 0 Å². The van der Waals surface area contributed by atoms with Crippen LogP contribution in [0.4, 0.5) is 5.82 Å². The van der Waals surface area contributed by atoms with Gasteiger partial charge in [-0.1, -0.05) is 5.16 Å². The first-order valence-corrected chi connectivity index (χ1v) is 5.55. The smallest absolute Gasteiger partial charge is 0.180 e. The molecule has 6 heteroatoms. The minimum Gasteiger partial charge on any atom is -0.364 e. The van der Waals surface area contributed by atoms with Gasteiger partial charge < -0.3 is 9.84 Å². The average Bonchev–Trinajstić information content (AvgIpc) is 2.82. The summed E-state index contributed by atoms with van der Waals surface area (Å²) in [6.45, 7) is 2.43. The lowest BCUT2D eigenvalue weighted by atomic mass is 10.3. The second kappa shape index (κ2) is 4.40.